The second-order valence-corrected chi connectivity index (χ2v) is 10.7. The van der Waals surface area contributed by atoms with Gasteiger partial charge in [0.15, 0.2) is 18.1 Å². The summed E-state index contributed by atoms with van der Waals surface area (Å²) < 4.78 is 24.3. The predicted octanol–water partition coefficient (Wildman–Crippen LogP) is 5.35. The van der Waals surface area contributed by atoms with Crippen LogP contribution >= 0.6 is 27.5 Å². The van der Waals surface area contributed by atoms with E-state index in [1.165, 1.54) is 10.9 Å². The summed E-state index contributed by atoms with van der Waals surface area (Å²) >= 11 is 10.0. The molecule has 0 N–H and O–H groups in total. The number of fused-ring (bicyclic) bond motifs is 2. The molecule has 3 heterocycles. The number of ether oxygens (including phenoxy) is 3. The van der Waals surface area contributed by atoms with Crippen LogP contribution < -0.4 is 15.0 Å². The second-order valence-electron chi connectivity index (χ2n) is 9.39. The van der Waals surface area contributed by atoms with Gasteiger partial charge in [0.25, 0.3) is 11.5 Å². The van der Waals surface area contributed by atoms with Crippen molar-refractivity contribution < 1.29 is 23.4 Å². The number of rotatable bonds is 7. The van der Waals surface area contributed by atoms with Gasteiger partial charge in [-0.05, 0) is 64.0 Å². The van der Waals surface area contributed by atoms with Gasteiger partial charge in [0, 0.05) is 13.1 Å². The van der Waals surface area contributed by atoms with Gasteiger partial charge in [-0.15, -0.1) is 0 Å². The summed E-state index contributed by atoms with van der Waals surface area (Å²) in [5, 5.41) is 5.91. The lowest BCUT2D eigenvalue weighted by molar-refractivity contribution is -0.137. The summed E-state index contributed by atoms with van der Waals surface area (Å²) in [7, 11) is 1.58. The van der Waals surface area contributed by atoms with Gasteiger partial charge in [-0.25, -0.2) is 4.98 Å². The monoisotopic (exact) mass is 650 g/mol. The molecule has 10 nitrogen and oxygen atoms in total. The molecule has 3 aromatic carbocycles. The zero-order chi connectivity index (χ0) is 29.2. The number of furan rings is 1. The van der Waals surface area contributed by atoms with Crippen LogP contribution in [0.15, 0.2) is 79.4 Å². The number of benzene rings is 3. The molecular formula is C30H24BrClN4O6. The first kappa shape index (κ1) is 28.0. The minimum atomic E-state index is -0.369. The van der Waals surface area contributed by atoms with Gasteiger partial charge in [0.2, 0.25) is 5.82 Å². The number of hydrogen-bond donors (Lipinski definition) is 0. The predicted molar refractivity (Wildman–Crippen MR) is 163 cm³/mol. The summed E-state index contributed by atoms with van der Waals surface area (Å²) in [6.07, 6.45) is 1.49. The number of halogens is 2. The minimum Gasteiger partial charge on any atom is -0.496 e. The summed E-state index contributed by atoms with van der Waals surface area (Å²) in [6, 6.07) is 17.6. The third kappa shape index (κ3) is 5.50. The quantitative estimate of drug-likeness (QED) is 0.218. The molecule has 214 valence electrons. The van der Waals surface area contributed by atoms with E-state index >= 15 is 0 Å². The van der Waals surface area contributed by atoms with Gasteiger partial charge in [-0.1, -0.05) is 29.8 Å². The highest BCUT2D eigenvalue weighted by molar-refractivity contribution is 9.10. The first-order valence-electron chi connectivity index (χ1n) is 13.0. The Balaban J connectivity index is 1.34. The van der Waals surface area contributed by atoms with E-state index in [4.69, 9.17) is 35.2 Å². The van der Waals surface area contributed by atoms with E-state index in [0.29, 0.717) is 70.1 Å². The molecule has 0 radical (unpaired) electrons. The Hall–Kier alpha value is -4.19. The Labute approximate surface area is 253 Å². The number of para-hydroxylation sites is 1. The smallest absolute Gasteiger partial charge is 0.282 e. The molecule has 12 heteroatoms. The number of methoxy groups -OCH3 is 1. The van der Waals surface area contributed by atoms with Crippen molar-refractivity contribution in [3.8, 4) is 23.1 Å². The summed E-state index contributed by atoms with van der Waals surface area (Å²) in [4.78, 5) is 32.5. The number of carbonyl (C=O) groups is 1. The molecule has 1 amide bonds. The summed E-state index contributed by atoms with van der Waals surface area (Å²) in [5.41, 5.74) is 1.30. The average Bonchev–Trinajstić information content (AvgIpc) is 3.45. The van der Waals surface area contributed by atoms with Crippen LogP contribution in [0.4, 0.5) is 0 Å². The zero-order valence-electron chi connectivity index (χ0n) is 22.4. The summed E-state index contributed by atoms with van der Waals surface area (Å²) in [6.45, 7) is 1.91. The van der Waals surface area contributed by atoms with Crippen molar-refractivity contribution in [2.75, 3.05) is 40.0 Å². The lowest BCUT2D eigenvalue weighted by atomic mass is 10.2. The van der Waals surface area contributed by atoms with E-state index in [0.717, 1.165) is 5.39 Å². The Bertz CT molecular complexity index is 1870. The van der Waals surface area contributed by atoms with Gasteiger partial charge in [-0.2, -0.15) is 9.78 Å². The fourth-order valence-corrected chi connectivity index (χ4v) is 5.66. The highest BCUT2D eigenvalue weighted by Gasteiger charge is 2.20. The largest absolute Gasteiger partial charge is 0.496 e. The fourth-order valence-electron chi connectivity index (χ4n) is 4.67. The molecule has 0 aliphatic carbocycles. The number of aromatic nitrogens is 2. The molecule has 0 bridgehead atoms. The maximum Gasteiger partial charge on any atom is 0.282 e. The third-order valence-electron chi connectivity index (χ3n) is 6.76. The van der Waals surface area contributed by atoms with E-state index in [-0.39, 0.29) is 28.9 Å². The highest BCUT2D eigenvalue weighted by Crippen LogP contribution is 2.35. The maximum absolute atomic E-state index is 13.6. The van der Waals surface area contributed by atoms with Crippen LogP contribution in [-0.4, -0.2) is 66.7 Å². The molecule has 0 atom stereocenters. The van der Waals surface area contributed by atoms with Gasteiger partial charge >= 0.3 is 0 Å². The lowest BCUT2D eigenvalue weighted by Crippen LogP contribution is -2.43. The first-order chi connectivity index (χ1) is 20.4. The zero-order valence-corrected chi connectivity index (χ0v) is 24.7. The molecule has 5 aromatic rings. The number of carbonyl (C=O) groups excluding carboxylic acids is 1. The van der Waals surface area contributed by atoms with E-state index in [1.54, 1.807) is 48.4 Å². The normalized spacial score (nSPS) is 13.7. The standard InChI is InChI=1S/C30H24BrClN4O6/c1-39-24-7-4-8-25-20(24)15-26(42-25)29-34-23-6-3-2-5-19(23)30(38)36(29)33-16-18-13-21(31)28(22(32)14-18)41-17-27(37)35-9-11-40-12-10-35/h2-8,13-16H,9-12,17H2,1H3. The molecule has 0 unspecified atom stereocenters. The van der Waals surface area contributed by atoms with Gasteiger partial charge < -0.3 is 23.5 Å². The molecule has 1 aliphatic rings. The number of hydrogen-bond acceptors (Lipinski definition) is 8. The SMILES string of the molecule is COc1cccc2oc(-c3nc4ccccc4c(=O)n3N=Cc3cc(Cl)c(OCC(=O)N4CCOCC4)c(Br)c3)cc12. The van der Waals surface area contributed by atoms with E-state index in [2.05, 4.69) is 21.0 Å². The fraction of sp³-hybridized carbons (Fsp3) is 0.200. The molecule has 0 saturated carbocycles. The van der Waals surface area contributed by atoms with Crippen LogP contribution in [0.25, 0.3) is 33.5 Å². The van der Waals surface area contributed by atoms with Crippen molar-refractivity contribution in [1.82, 2.24) is 14.6 Å². The number of morpholine rings is 1. The van der Waals surface area contributed by atoms with E-state index in [9.17, 15) is 9.59 Å². The van der Waals surface area contributed by atoms with Crippen LogP contribution in [0.3, 0.4) is 0 Å². The Morgan fingerprint density at radius 1 is 1.12 bits per heavy atom. The second kappa shape index (κ2) is 12.0. The molecule has 42 heavy (non-hydrogen) atoms. The Morgan fingerprint density at radius 3 is 2.71 bits per heavy atom. The maximum atomic E-state index is 13.6. The molecule has 1 saturated heterocycles. The van der Waals surface area contributed by atoms with Crippen molar-refractivity contribution in [2.45, 2.75) is 0 Å². The molecule has 1 fully saturated rings. The van der Waals surface area contributed by atoms with E-state index < -0.39 is 0 Å². The average molecular weight is 652 g/mol. The molecular weight excluding hydrogens is 628 g/mol. The van der Waals surface area contributed by atoms with Gasteiger partial charge in [-0.3, -0.25) is 9.59 Å². The molecule has 1 aliphatic heterocycles. The summed E-state index contributed by atoms with van der Waals surface area (Å²) in [5.74, 6) is 1.39. The van der Waals surface area contributed by atoms with Crippen molar-refractivity contribution in [3.63, 3.8) is 0 Å². The van der Waals surface area contributed by atoms with Crippen molar-refractivity contribution in [2.24, 2.45) is 5.10 Å². The minimum absolute atomic E-state index is 0.147. The third-order valence-corrected chi connectivity index (χ3v) is 7.63. The molecule has 2 aromatic heterocycles. The van der Waals surface area contributed by atoms with Crippen molar-refractivity contribution in [3.05, 3.63) is 86.1 Å². The highest BCUT2D eigenvalue weighted by atomic mass is 79.9. The van der Waals surface area contributed by atoms with Gasteiger partial charge in [0.1, 0.15) is 11.3 Å². The topological polar surface area (TPSA) is 108 Å². The Kier molecular flexibility index (Phi) is 7.96. The van der Waals surface area contributed by atoms with Crippen LogP contribution in [0.2, 0.25) is 5.02 Å². The lowest BCUT2D eigenvalue weighted by Gasteiger charge is -2.26. The number of nitrogens with zero attached hydrogens (tertiary/aromatic N) is 4. The van der Waals surface area contributed by atoms with Crippen LogP contribution in [0.1, 0.15) is 5.56 Å². The first-order valence-corrected chi connectivity index (χ1v) is 14.2. The van der Waals surface area contributed by atoms with Crippen LogP contribution in [-0.2, 0) is 9.53 Å². The van der Waals surface area contributed by atoms with Crippen LogP contribution in [0.5, 0.6) is 11.5 Å². The molecule has 0 spiro atoms. The van der Waals surface area contributed by atoms with Crippen molar-refractivity contribution in [1.29, 1.82) is 0 Å². The number of amides is 1. The Morgan fingerprint density at radius 2 is 1.93 bits per heavy atom. The van der Waals surface area contributed by atoms with Gasteiger partial charge in [0.05, 0.1) is 52.3 Å². The van der Waals surface area contributed by atoms with Crippen molar-refractivity contribution >= 4 is 61.5 Å². The molecule has 6 rings (SSSR count). The van der Waals surface area contributed by atoms with E-state index in [1.807, 2.05) is 24.3 Å². The van der Waals surface area contributed by atoms with Crippen LogP contribution in [0, 0.1) is 0 Å².